The number of carbonyl (C=O) groups excluding carboxylic acids is 1. The average Bonchev–Trinajstić information content (AvgIpc) is 2.81. The Labute approximate surface area is 148 Å². The average molecular weight is 382 g/mol. The zero-order valence-corrected chi connectivity index (χ0v) is 15.8. The fourth-order valence-corrected chi connectivity index (χ4v) is 3.52. The summed E-state index contributed by atoms with van der Waals surface area (Å²) in [6, 6.07) is 6.44. The predicted octanol–water partition coefficient (Wildman–Crippen LogP) is 5.18. The lowest BCUT2D eigenvalue weighted by molar-refractivity contribution is -0.123. The smallest absolute Gasteiger partial charge is 0.258 e. The van der Waals surface area contributed by atoms with Crippen molar-refractivity contribution < 1.29 is 9.53 Å². The molecule has 0 aromatic heterocycles. The van der Waals surface area contributed by atoms with Crippen LogP contribution in [-0.2, 0) is 4.79 Å². The van der Waals surface area contributed by atoms with E-state index < -0.39 is 0 Å². The van der Waals surface area contributed by atoms with Gasteiger partial charge in [0.05, 0.1) is 4.47 Å². The normalized spacial score (nSPS) is 17.3. The molecular formula is C19H28BrNO2. The Kier molecular flexibility index (Phi) is 7.41. The summed E-state index contributed by atoms with van der Waals surface area (Å²) in [5.41, 5.74) is 1.29. The highest BCUT2D eigenvalue weighted by molar-refractivity contribution is 9.10. The van der Waals surface area contributed by atoms with Gasteiger partial charge in [0, 0.05) is 6.04 Å². The van der Waals surface area contributed by atoms with Gasteiger partial charge in [0.25, 0.3) is 5.91 Å². The summed E-state index contributed by atoms with van der Waals surface area (Å²) < 4.78 is 6.60. The topological polar surface area (TPSA) is 38.3 Å². The Morgan fingerprint density at radius 1 is 1.30 bits per heavy atom. The first kappa shape index (κ1) is 18.3. The van der Waals surface area contributed by atoms with Crippen LogP contribution < -0.4 is 10.1 Å². The van der Waals surface area contributed by atoms with Gasteiger partial charge in [-0.2, -0.15) is 0 Å². The number of halogens is 1. The molecular weight excluding hydrogens is 354 g/mol. The van der Waals surface area contributed by atoms with Crippen LogP contribution in [-0.4, -0.2) is 18.6 Å². The molecule has 1 amide bonds. The monoisotopic (exact) mass is 381 g/mol. The van der Waals surface area contributed by atoms with Crippen molar-refractivity contribution in [2.75, 3.05) is 6.61 Å². The number of hydrogen-bond acceptors (Lipinski definition) is 2. The minimum atomic E-state index is -0.0187. The van der Waals surface area contributed by atoms with Gasteiger partial charge in [-0.15, -0.1) is 0 Å². The Bertz CT molecular complexity index is 510. The molecule has 1 aromatic rings. The van der Waals surface area contributed by atoms with Crippen LogP contribution in [0.3, 0.4) is 0 Å². The molecule has 0 saturated heterocycles. The summed E-state index contributed by atoms with van der Waals surface area (Å²) >= 11 is 3.55. The van der Waals surface area contributed by atoms with E-state index in [-0.39, 0.29) is 12.5 Å². The number of rotatable bonds is 6. The molecule has 2 rings (SSSR count). The van der Waals surface area contributed by atoms with Crippen LogP contribution in [0.15, 0.2) is 22.7 Å². The lowest BCUT2D eigenvalue weighted by Gasteiger charge is -2.17. The van der Waals surface area contributed by atoms with Crippen LogP contribution in [0.1, 0.15) is 70.3 Å². The van der Waals surface area contributed by atoms with Gasteiger partial charge in [-0.3, -0.25) is 4.79 Å². The second kappa shape index (κ2) is 9.31. The molecule has 23 heavy (non-hydrogen) atoms. The Hall–Kier alpha value is -1.03. The van der Waals surface area contributed by atoms with Crippen LogP contribution in [0.25, 0.3) is 0 Å². The maximum Gasteiger partial charge on any atom is 0.258 e. The third kappa shape index (κ3) is 5.83. The first-order chi connectivity index (χ1) is 11.1. The molecule has 1 unspecified atom stereocenters. The summed E-state index contributed by atoms with van der Waals surface area (Å²) in [6.07, 6.45) is 8.31. The second-order valence-electron chi connectivity index (χ2n) is 6.54. The third-order valence-corrected chi connectivity index (χ3v) is 5.34. The SMILES string of the molecule is CCC(C)c1ccc(OCC(=O)NC2CCCCCC2)c(Br)c1. The third-order valence-electron chi connectivity index (χ3n) is 4.72. The summed E-state index contributed by atoms with van der Waals surface area (Å²) in [6.45, 7) is 4.47. The van der Waals surface area contributed by atoms with Crippen LogP contribution in [0.4, 0.5) is 0 Å². The van der Waals surface area contributed by atoms with Crippen molar-refractivity contribution in [2.24, 2.45) is 0 Å². The van der Waals surface area contributed by atoms with E-state index >= 15 is 0 Å². The maximum atomic E-state index is 12.1. The number of ether oxygens (including phenoxy) is 1. The van der Waals surface area contributed by atoms with Crippen LogP contribution >= 0.6 is 15.9 Å². The van der Waals surface area contributed by atoms with Crippen LogP contribution in [0.2, 0.25) is 0 Å². The highest BCUT2D eigenvalue weighted by Crippen LogP contribution is 2.30. The first-order valence-electron chi connectivity index (χ1n) is 8.81. The lowest BCUT2D eigenvalue weighted by atomic mass is 9.99. The highest BCUT2D eigenvalue weighted by Gasteiger charge is 2.15. The molecule has 1 saturated carbocycles. The van der Waals surface area contributed by atoms with Crippen molar-refractivity contribution >= 4 is 21.8 Å². The minimum Gasteiger partial charge on any atom is -0.483 e. The molecule has 0 radical (unpaired) electrons. The number of benzene rings is 1. The van der Waals surface area contributed by atoms with Gasteiger partial charge in [0.1, 0.15) is 5.75 Å². The molecule has 1 aromatic carbocycles. The lowest BCUT2D eigenvalue weighted by Crippen LogP contribution is -2.37. The van der Waals surface area contributed by atoms with Crippen LogP contribution in [0, 0.1) is 0 Å². The molecule has 0 heterocycles. The van der Waals surface area contributed by atoms with Crippen molar-refractivity contribution in [1.29, 1.82) is 0 Å². The van der Waals surface area contributed by atoms with E-state index in [4.69, 9.17) is 4.74 Å². The van der Waals surface area contributed by atoms with Crippen molar-refractivity contribution in [3.8, 4) is 5.75 Å². The fraction of sp³-hybridized carbons (Fsp3) is 0.632. The largest absolute Gasteiger partial charge is 0.483 e. The van der Waals surface area contributed by atoms with Gasteiger partial charge < -0.3 is 10.1 Å². The molecule has 1 N–H and O–H groups in total. The molecule has 0 aliphatic heterocycles. The Morgan fingerprint density at radius 2 is 2.00 bits per heavy atom. The van der Waals surface area contributed by atoms with Crippen molar-refractivity contribution in [1.82, 2.24) is 5.32 Å². The highest BCUT2D eigenvalue weighted by atomic mass is 79.9. The van der Waals surface area contributed by atoms with E-state index in [1.807, 2.05) is 6.07 Å². The van der Waals surface area contributed by atoms with Gasteiger partial charge in [0.2, 0.25) is 0 Å². The van der Waals surface area contributed by atoms with Crippen LogP contribution in [0.5, 0.6) is 5.75 Å². The fourth-order valence-electron chi connectivity index (χ4n) is 3.01. The Balaban J connectivity index is 1.83. The summed E-state index contributed by atoms with van der Waals surface area (Å²) in [5, 5.41) is 3.11. The van der Waals surface area contributed by atoms with Gasteiger partial charge in [-0.25, -0.2) is 0 Å². The predicted molar refractivity (Wildman–Crippen MR) is 98.0 cm³/mol. The van der Waals surface area contributed by atoms with Gasteiger partial charge in [-0.05, 0) is 58.8 Å². The van der Waals surface area contributed by atoms with E-state index in [1.54, 1.807) is 0 Å². The van der Waals surface area contributed by atoms with Gasteiger partial charge in [0.15, 0.2) is 6.61 Å². The van der Waals surface area contributed by atoms with Crippen molar-refractivity contribution in [2.45, 2.75) is 70.8 Å². The number of hydrogen-bond donors (Lipinski definition) is 1. The summed E-state index contributed by atoms with van der Waals surface area (Å²) in [7, 11) is 0. The molecule has 0 spiro atoms. The van der Waals surface area contributed by atoms with E-state index in [0.717, 1.165) is 29.5 Å². The van der Waals surface area contributed by atoms with E-state index in [0.29, 0.717) is 12.0 Å². The summed E-state index contributed by atoms with van der Waals surface area (Å²) in [5.74, 6) is 1.24. The summed E-state index contributed by atoms with van der Waals surface area (Å²) in [4.78, 5) is 12.1. The van der Waals surface area contributed by atoms with Gasteiger partial charge >= 0.3 is 0 Å². The molecule has 0 bridgehead atoms. The molecule has 1 atom stereocenters. The van der Waals surface area contributed by atoms with Crippen molar-refractivity contribution in [3.63, 3.8) is 0 Å². The Morgan fingerprint density at radius 3 is 2.61 bits per heavy atom. The molecule has 1 aliphatic carbocycles. The number of carbonyl (C=O) groups is 1. The first-order valence-corrected chi connectivity index (χ1v) is 9.61. The molecule has 3 nitrogen and oxygen atoms in total. The number of nitrogens with one attached hydrogen (secondary N) is 1. The zero-order chi connectivity index (χ0) is 16.7. The quantitative estimate of drug-likeness (QED) is 0.689. The van der Waals surface area contributed by atoms with Gasteiger partial charge in [-0.1, -0.05) is 45.6 Å². The minimum absolute atomic E-state index is 0.0187. The molecule has 4 heteroatoms. The van der Waals surface area contributed by atoms with E-state index in [2.05, 4.69) is 47.2 Å². The van der Waals surface area contributed by atoms with Crippen molar-refractivity contribution in [3.05, 3.63) is 28.2 Å². The molecule has 1 aliphatic rings. The molecule has 1 fully saturated rings. The maximum absolute atomic E-state index is 12.1. The standard InChI is InChI=1S/C19H28BrNO2/c1-3-14(2)15-10-11-18(17(20)12-15)23-13-19(22)21-16-8-6-4-5-7-9-16/h10-12,14,16H,3-9,13H2,1-2H3,(H,21,22). The molecule has 128 valence electrons. The second-order valence-corrected chi connectivity index (χ2v) is 7.40. The zero-order valence-electron chi connectivity index (χ0n) is 14.2. The number of amides is 1. The van der Waals surface area contributed by atoms with E-state index in [9.17, 15) is 4.79 Å². The van der Waals surface area contributed by atoms with E-state index in [1.165, 1.54) is 31.2 Å².